The lowest BCUT2D eigenvalue weighted by atomic mass is 10.1. The van der Waals surface area contributed by atoms with Crippen LogP contribution in [0.3, 0.4) is 0 Å². The number of esters is 1. The Morgan fingerprint density at radius 2 is 1.89 bits per heavy atom. The molecule has 0 unspecified atom stereocenters. The van der Waals surface area contributed by atoms with Gasteiger partial charge in [0.25, 0.3) is 5.91 Å². The minimum absolute atomic E-state index is 0.159. The first-order chi connectivity index (χ1) is 13.0. The highest BCUT2D eigenvalue weighted by molar-refractivity contribution is 6.31. The molecule has 2 aromatic rings. The molecule has 0 spiro atoms. The number of anilines is 2. The van der Waals surface area contributed by atoms with E-state index in [4.69, 9.17) is 16.3 Å². The first-order valence-electron chi connectivity index (χ1n) is 8.17. The number of hydrogen-bond acceptors (Lipinski definition) is 5. The van der Waals surface area contributed by atoms with Crippen molar-refractivity contribution in [2.75, 3.05) is 17.2 Å². The van der Waals surface area contributed by atoms with E-state index in [9.17, 15) is 14.9 Å². The second-order valence-electron chi connectivity index (χ2n) is 5.45. The third-order valence-electron chi connectivity index (χ3n) is 3.68. The van der Waals surface area contributed by atoms with Crippen LogP contribution in [-0.2, 0) is 9.53 Å². The number of rotatable bonds is 6. The zero-order valence-electron chi connectivity index (χ0n) is 14.9. The summed E-state index contributed by atoms with van der Waals surface area (Å²) in [6.07, 6.45) is 1.29. The van der Waals surface area contributed by atoms with E-state index in [1.54, 1.807) is 43.3 Å². The molecule has 7 heteroatoms. The summed E-state index contributed by atoms with van der Waals surface area (Å²) in [4.78, 5) is 24.4. The van der Waals surface area contributed by atoms with Gasteiger partial charge in [-0.2, -0.15) is 5.26 Å². The zero-order chi connectivity index (χ0) is 19.8. The summed E-state index contributed by atoms with van der Waals surface area (Å²) in [6, 6.07) is 13.5. The second-order valence-corrected chi connectivity index (χ2v) is 5.85. The van der Waals surface area contributed by atoms with Gasteiger partial charge in [0, 0.05) is 16.9 Å². The summed E-state index contributed by atoms with van der Waals surface area (Å²) in [5, 5.41) is 15.3. The summed E-state index contributed by atoms with van der Waals surface area (Å²) < 4.78 is 4.97. The van der Waals surface area contributed by atoms with Crippen molar-refractivity contribution in [3.05, 3.63) is 70.4 Å². The normalized spacial score (nSPS) is 10.7. The van der Waals surface area contributed by atoms with Gasteiger partial charge in [-0.1, -0.05) is 29.8 Å². The molecule has 0 saturated heterocycles. The van der Waals surface area contributed by atoms with Crippen LogP contribution in [0.15, 0.2) is 54.2 Å². The zero-order valence-corrected chi connectivity index (χ0v) is 15.6. The van der Waals surface area contributed by atoms with Gasteiger partial charge in [0.15, 0.2) is 0 Å². The Morgan fingerprint density at radius 3 is 2.59 bits per heavy atom. The molecule has 27 heavy (non-hydrogen) atoms. The number of carbonyl (C=O) groups excluding carboxylic acids is 2. The fraction of sp³-hybridized carbons (Fsp3) is 0.150. The lowest BCUT2D eigenvalue weighted by Crippen LogP contribution is -2.17. The van der Waals surface area contributed by atoms with E-state index in [1.165, 1.54) is 12.3 Å². The first kappa shape index (κ1) is 20.0. The summed E-state index contributed by atoms with van der Waals surface area (Å²) in [6.45, 7) is 3.73. The summed E-state index contributed by atoms with van der Waals surface area (Å²) in [7, 11) is 0. The van der Waals surface area contributed by atoms with Crippen LogP contribution in [-0.4, -0.2) is 18.5 Å². The molecule has 0 bridgehead atoms. The molecule has 6 nitrogen and oxygen atoms in total. The molecule has 2 aromatic carbocycles. The maximum Gasteiger partial charge on any atom is 0.340 e. The van der Waals surface area contributed by atoms with E-state index in [2.05, 4.69) is 10.6 Å². The Kier molecular flexibility index (Phi) is 6.98. The second kappa shape index (κ2) is 9.41. The largest absolute Gasteiger partial charge is 0.462 e. The predicted molar refractivity (Wildman–Crippen MR) is 105 cm³/mol. The van der Waals surface area contributed by atoms with Crippen LogP contribution in [0.1, 0.15) is 22.8 Å². The van der Waals surface area contributed by atoms with E-state index in [1.807, 2.05) is 13.0 Å². The molecular weight excluding hydrogens is 366 g/mol. The number of nitriles is 1. The fourth-order valence-electron chi connectivity index (χ4n) is 2.23. The van der Waals surface area contributed by atoms with Gasteiger partial charge in [0.1, 0.15) is 11.6 Å². The smallest absolute Gasteiger partial charge is 0.340 e. The van der Waals surface area contributed by atoms with Crippen LogP contribution in [0.4, 0.5) is 11.4 Å². The van der Waals surface area contributed by atoms with Crippen molar-refractivity contribution < 1.29 is 14.3 Å². The molecular formula is C20H18ClN3O3. The summed E-state index contributed by atoms with van der Waals surface area (Å²) in [5.74, 6) is -1.20. The number of para-hydroxylation sites is 1. The topological polar surface area (TPSA) is 91.2 Å². The van der Waals surface area contributed by atoms with Gasteiger partial charge in [-0.05, 0) is 43.7 Å². The molecule has 0 aliphatic rings. The number of amides is 1. The molecule has 0 saturated carbocycles. The quantitative estimate of drug-likeness (QED) is 0.441. The molecule has 0 atom stereocenters. The van der Waals surface area contributed by atoms with Crippen molar-refractivity contribution in [2.24, 2.45) is 0 Å². The minimum atomic E-state index is -0.651. The van der Waals surface area contributed by atoms with Crippen molar-refractivity contribution in [3.63, 3.8) is 0 Å². The number of halogens is 1. The van der Waals surface area contributed by atoms with E-state index in [0.29, 0.717) is 10.7 Å². The van der Waals surface area contributed by atoms with E-state index in [0.717, 1.165) is 5.56 Å². The molecule has 1 amide bonds. The molecule has 0 radical (unpaired) electrons. The number of carbonyl (C=O) groups is 2. The minimum Gasteiger partial charge on any atom is -0.462 e. The van der Waals surface area contributed by atoms with Gasteiger partial charge < -0.3 is 15.4 Å². The van der Waals surface area contributed by atoms with Crippen molar-refractivity contribution >= 4 is 34.9 Å². The highest BCUT2D eigenvalue weighted by atomic mass is 35.5. The van der Waals surface area contributed by atoms with Gasteiger partial charge in [-0.25, -0.2) is 4.79 Å². The van der Waals surface area contributed by atoms with Crippen LogP contribution >= 0.6 is 11.6 Å². The molecule has 2 N–H and O–H groups in total. The molecule has 138 valence electrons. The van der Waals surface area contributed by atoms with Gasteiger partial charge in [-0.15, -0.1) is 0 Å². The highest BCUT2D eigenvalue weighted by Crippen LogP contribution is 2.23. The number of ether oxygens (including phenoxy) is 1. The Bertz CT molecular complexity index is 932. The molecule has 0 aromatic heterocycles. The lowest BCUT2D eigenvalue weighted by Gasteiger charge is -2.10. The van der Waals surface area contributed by atoms with Crippen LogP contribution in [0, 0.1) is 18.3 Å². The average Bonchev–Trinajstić information content (AvgIpc) is 2.66. The van der Waals surface area contributed by atoms with Gasteiger partial charge in [0.2, 0.25) is 0 Å². The Balaban J connectivity index is 2.20. The molecule has 0 aliphatic carbocycles. The Hall–Kier alpha value is -3.30. The van der Waals surface area contributed by atoms with Crippen LogP contribution in [0.2, 0.25) is 5.02 Å². The van der Waals surface area contributed by atoms with Crippen LogP contribution < -0.4 is 10.6 Å². The monoisotopic (exact) mass is 383 g/mol. The van der Waals surface area contributed by atoms with Crippen LogP contribution in [0.25, 0.3) is 0 Å². The summed E-state index contributed by atoms with van der Waals surface area (Å²) >= 11 is 6.06. The molecule has 0 fully saturated rings. The van der Waals surface area contributed by atoms with E-state index >= 15 is 0 Å². The fourth-order valence-corrected chi connectivity index (χ4v) is 2.41. The molecule has 2 rings (SSSR count). The first-order valence-corrected chi connectivity index (χ1v) is 8.55. The van der Waals surface area contributed by atoms with Crippen molar-refractivity contribution in [3.8, 4) is 6.07 Å². The SMILES string of the molecule is CCOC(=O)c1ccccc1NC(=O)/C(C#N)=C\Nc1cccc(Cl)c1C. The molecule has 0 aliphatic heterocycles. The van der Waals surface area contributed by atoms with Gasteiger partial charge in [0.05, 0.1) is 17.9 Å². The Labute approximate surface area is 162 Å². The standard InChI is InChI=1S/C20H18ClN3O3/c1-3-27-20(26)15-7-4-5-9-18(15)24-19(25)14(11-22)12-23-17-10-6-8-16(21)13(17)2/h4-10,12,23H,3H2,1-2H3,(H,24,25)/b14-12-. The van der Waals surface area contributed by atoms with E-state index in [-0.39, 0.29) is 23.4 Å². The maximum absolute atomic E-state index is 12.4. The highest BCUT2D eigenvalue weighted by Gasteiger charge is 2.16. The van der Waals surface area contributed by atoms with Crippen LogP contribution in [0.5, 0.6) is 0 Å². The third kappa shape index (κ3) is 5.09. The lowest BCUT2D eigenvalue weighted by molar-refractivity contribution is -0.112. The van der Waals surface area contributed by atoms with E-state index < -0.39 is 11.9 Å². The summed E-state index contributed by atoms with van der Waals surface area (Å²) in [5.41, 5.74) is 1.79. The van der Waals surface area contributed by atoms with Gasteiger partial charge in [-0.3, -0.25) is 4.79 Å². The average molecular weight is 384 g/mol. The van der Waals surface area contributed by atoms with Crippen molar-refractivity contribution in [1.29, 1.82) is 5.26 Å². The predicted octanol–water partition coefficient (Wildman–Crippen LogP) is 4.28. The molecule has 0 heterocycles. The number of benzene rings is 2. The number of hydrogen-bond donors (Lipinski definition) is 2. The maximum atomic E-state index is 12.4. The number of nitrogens with one attached hydrogen (secondary N) is 2. The Morgan fingerprint density at radius 1 is 1.19 bits per heavy atom. The van der Waals surface area contributed by atoms with Crippen molar-refractivity contribution in [1.82, 2.24) is 0 Å². The third-order valence-corrected chi connectivity index (χ3v) is 4.08. The van der Waals surface area contributed by atoms with Gasteiger partial charge >= 0.3 is 5.97 Å². The van der Waals surface area contributed by atoms with Crippen molar-refractivity contribution in [2.45, 2.75) is 13.8 Å². The number of nitrogens with zero attached hydrogens (tertiary/aromatic N) is 1.